The number of esters is 2. The number of carbonyl (C=O) groups excluding carboxylic acids is 2. The van der Waals surface area contributed by atoms with Crippen LogP contribution in [0.25, 0.3) is 0 Å². The lowest BCUT2D eigenvalue weighted by Crippen LogP contribution is -2.48. The molecule has 21 heavy (non-hydrogen) atoms. The maximum Gasteiger partial charge on any atom is 0.320 e. The van der Waals surface area contributed by atoms with Crippen molar-refractivity contribution in [1.82, 2.24) is 0 Å². The van der Waals surface area contributed by atoms with Crippen molar-refractivity contribution in [3.05, 3.63) is 11.6 Å². The molecule has 3 rings (SSSR count). The molecule has 0 aromatic rings. The van der Waals surface area contributed by atoms with Gasteiger partial charge >= 0.3 is 11.9 Å². The molecule has 0 aromatic carbocycles. The Morgan fingerprint density at radius 1 is 1.24 bits per heavy atom. The highest BCUT2D eigenvalue weighted by Gasteiger charge is 2.51. The van der Waals surface area contributed by atoms with Crippen LogP contribution in [0.1, 0.15) is 47.0 Å². The summed E-state index contributed by atoms with van der Waals surface area (Å²) in [6, 6.07) is 0. The van der Waals surface area contributed by atoms with Crippen LogP contribution in [0.5, 0.6) is 0 Å². The number of fused-ring (bicyclic) bond motifs is 1. The molecule has 0 aromatic heterocycles. The molecule has 0 aliphatic heterocycles. The van der Waals surface area contributed by atoms with Crippen LogP contribution >= 0.6 is 0 Å². The Hall–Kier alpha value is -1.32. The summed E-state index contributed by atoms with van der Waals surface area (Å²) < 4.78 is 10.1. The number of allylic oxidation sites excluding steroid dienone is 2. The molecule has 2 atom stereocenters. The van der Waals surface area contributed by atoms with E-state index in [1.165, 1.54) is 12.0 Å². The lowest BCUT2D eigenvalue weighted by Gasteiger charge is -2.56. The van der Waals surface area contributed by atoms with Crippen LogP contribution in [0, 0.1) is 23.2 Å². The molecule has 0 heterocycles. The highest BCUT2D eigenvalue weighted by Crippen LogP contribution is 2.60. The normalized spacial score (nSPS) is 25.9. The van der Waals surface area contributed by atoms with Gasteiger partial charge in [0, 0.05) is 0 Å². The molecule has 0 N–H and O–H groups in total. The fraction of sp³-hybridized carbons (Fsp3) is 0.765. The topological polar surface area (TPSA) is 52.6 Å². The molecular weight excluding hydrogens is 268 g/mol. The monoisotopic (exact) mass is 294 g/mol. The average Bonchev–Trinajstić information content (AvgIpc) is 2.45. The van der Waals surface area contributed by atoms with Gasteiger partial charge in [-0.2, -0.15) is 0 Å². The largest absolute Gasteiger partial charge is 0.465 e. The molecule has 0 radical (unpaired) electrons. The summed E-state index contributed by atoms with van der Waals surface area (Å²) in [5, 5.41) is 0. The van der Waals surface area contributed by atoms with Gasteiger partial charge in [0.2, 0.25) is 0 Å². The Morgan fingerprint density at radius 3 is 2.24 bits per heavy atom. The van der Waals surface area contributed by atoms with Crippen molar-refractivity contribution in [2.45, 2.75) is 47.0 Å². The van der Waals surface area contributed by atoms with Crippen molar-refractivity contribution in [1.29, 1.82) is 0 Å². The van der Waals surface area contributed by atoms with Crippen LogP contribution in [-0.2, 0) is 19.1 Å². The van der Waals surface area contributed by atoms with Gasteiger partial charge in [-0.3, -0.25) is 9.59 Å². The van der Waals surface area contributed by atoms with Gasteiger partial charge in [-0.25, -0.2) is 0 Å². The van der Waals surface area contributed by atoms with Gasteiger partial charge in [0.25, 0.3) is 0 Å². The van der Waals surface area contributed by atoms with Crippen molar-refractivity contribution in [2.24, 2.45) is 23.2 Å². The van der Waals surface area contributed by atoms with E-state index in [0.717, 1.165) is 12.3 Å². The van der Waals surface area contributed by atoms with E-state index in [9.17, 15) is 9.59 Å². The van der Waals surface area contributed by atoms with E-state index >= 15 is 0 Å². The Balaban J connectivity index is 2.10. The molecular formula is C17H26O4. The molecule has 118 valence electrons. The van der Waals surface area contributed by atoms with Crippen LogP contribution in [-0.4, -0.2) is 25.2 Å². The zero-order chi connectivity index (χ0) is 15.6. The van der Waals surface area contributed by atoms with Gasteiger partial charge in [0.15, 0.2) is 5.92 Å². The first-order valence-electron chi connectivity index (χ1n) is 7.93. The van der Waals surface area contributed by atoms with E-state index in [1.807, 2.05) is 0 Å². The second-order valence-electron chi connectivity index (χ2n) is 6.58. The smallest absolute Gasteiger partial charge is 0.320 e. The molecule has 1 fully saturated rings. The van der Waals surface area contributed by atoms with E-state index < -0.39 is 17.9 Å². The highest BCUT2D eigenvalue weighted by atomic mass is 16.6. The van der Waals surface area contributed by atoms with Gasteiger partial charge < -0.3 is 9.47 Å². The van der Waals surface area contributed by atoms with Crippen LogP contribution < -0.4 is 0 Å². The van der Waals surface area contributed by atoms with Crippen molar-refractivity contribution in [3.63, 3.8) is 0 Å². The first-order valence-corrected chi connectivity index (χ1v) is 7.93. The minimum Gasteiger partial charge on any atom is -0.465 e. The van der Waals surface area contributed by atoms with E-state index in [2.05, 4.69) is 19.9 Å². The first kappa shape index (κ1) is 16.1. The average molecular weight is 294 g/mol. The summed E-state index contributed by atoms with van der Waals surface area (Å²) in [7, 11) is 0. The van der Waals surface area contributed by atoms with Gasteiger partial charge in [0.05, 0.1) is 13.2 Å². The second-order valence-corrected chi connectivity index (χ2v) is 6.58. The molecule has 1 saturated carbocycles. The SMILES string of the molecule is CCOC(=O)C(CC1=CCC2CC1C2(C)C)C(=O)OCC. The first-order chi connectivity index (χ1) is 9.91. The second kappa shape index (κ2) is 6.20. The van der Waals surface area contributed by atoms with Gasteiger partial charge in [-0.1, -0.05) is 25.5 Å². The lowest BCUT2D eigenvalue weighted by molar-refractivity contribution is -0.161. The third-order valence-corrected chi connectivity index (χ3v) is 5.16. The van der Waals surface area contributed by atoms with Crippen molar-refractivity contribution in [2.75, 3.05) is 13.2 Å². The molecule has 2 bridgehead atoms. The Kier molecular flexibility index (Phi) is 4.74. The van der Waals surface area contributed by atoms with Crippen LogP contribution in [0.3, 0.4) is 0 Å². The molecule has 2 unspecified atom stereocenters. The van der Waals surface area contributed by atoms with Crippen molar-refractivity contribution >= 4 is 11.9 Å². The maximum absolute atomic E-state index is 12.1. The summed E-state index contributed by atoms with van der Waals surface area (Å²) in [5.74, 6) is -0.506. The summed E-state index contributed by atoms with van der Waals surface area (Å²) in [6.07, 6.45) is 4.89. The fourth-order valence-electron chi connectivity index (χ4n) is 3.69. The Morgan fingerprint density at radius 2 is 1.81 bits per heavy atom. The third kappa shape index (κ3) is 2.99. The quantitative estimate of drug-likeness (QED) is 0.429. The Labute approximate surface area is 126 Å². The molecule has 4 nitrogen and oxygen atoms in total. The van der Waals surface area contributed by atoms with E-state index in [4.69, 9.17) is 9.47 Å². The number of ether oxygens (including phenoxy) is 2. The Bertz CT molecular complexity index is 432. The number of hydrogen-bond donors (Lipinski definition) is 0. The minimum atomic E-state index is -0.816. The summed E-state index contributed by atoms with van der Waals surface area (Å²) in [4.78, 5) is 24.1. The standard InChI is InChI=1S/C17H26O4/c1-5-20-15(18)13(16(19)21-6-2)9-11-7-8-12-10-14(11)17(12,3)4/h7,12-14H,5-6,8-10H2,1-4H3. The van der Waals surface area contributed by atoms with E-state index in [0.29, 0.717) is 12.3 Å². The molecule has 0 saturated heterocycles. The predicted molar refractivity (Wildman–Crippen MR) is 79.5 cm³/mol. The summed E-state index contributed by atoms with van der Waals surface area (Å²) >= 11 is 0. The minimum absolute atomic E-state index is 0.283. The fourth-order valence-corrected chi connectivity index (χ4v) is 3.69. The molecule has 4 heteroatoms. The third-order valence-electron chi connectivity index (χ3n) is 5.16. The van der Waals surface area contributed by atoms with Gasteiger partial charge in [0.1, 0.15) is 0 Å². The van der Waals surface area contributed by atoms with Gasteiger partial charge in [-0.15, -0.1) is 0 Å². The van der Waals surface area contributed by atoms with E-state index in [-0.39, 0.29) is 18.6 Å². The predicted octanol–water partition coefficient (Wildman–Crippen LogP) is 3.11. The lowest BCUT2D eigenvalue weighted by atomic mass is 9.48. The molecule has 0 spiro atoms. The zero-order valence-corrected chi connectivity index (χ0v) is 13.5. The van der Waals surface area contributed by atoms with Crippen LogP contribution in [0.4, 0.5) is 0 Å². The summed E-state index contributed by atoms with van der Waals surface area (Å²) in [6.45, 7) is 8.62. The molecule has 3 aliphatic carbocycles. The van der Waals surface area contributed by atoms with Crippen LogP contribution in [0.15, 0.2) is 11.6 Å². The molecule has 0 amide bonds. The van der Waals surface area contributed by atoms with Gasteiger partial charge in [-0.05, 0) is 50.4 Å². The van der Waals surface area contributed by atoms with Crippen LogP contribution in [0.2, 0.25) is 0 Å². The highest BCUT2D eigenvalue weighted by molar-refractivity contribution is 5.95. The molecule has 3 aliphatic rings. The van der Waals surface area contributed by atoms with E-state index in [1.54, 1.807) is 13.8 Å². The zero-order valence-electron chi connectivity index (χ0n) is 13.5. The maximum atomic E-state index is 12.1. The van der Waals surface area contributed by atoms with Crippen molar-refractivity contribution < 1.29 is 19.1 Å². The number of rotatable bonds is 6. The number of hydrogen-bond acceptors (Lipinski definition) is 4. The summed E-state index contributed by atoms with van der Waals surface area (Å²) in [5.41, 5.74) is 1.52. The van der Waals surface area contributed by atoms with Crippen molar-refractivity contribution in [3.8, 4) is 0 Å². The number of carbonyl (C=O) groups is 2.